The molecule has 1 atom stereocenters. The third-order valence-electron chi connectivity index (χ3n) is 5.86. The molecule has 0 amide bonds. The Morgan fingerprint density at radius 1 is 1.06 bits per heavy atom. The Hall–Kier alpha value is -5.52. The zero-order chi connectivity index (χ0) is 36.6. The van der Waals surface area contributed by atoms with E-state index in [1.54, 1.807) is 6.33 Å². The zero-order valence-electron chi connectivity index (χ0n) is 25.1. The Morgan fingerprint density at radius 2 is 1.65 bits per heavy atom. The molecule has 4 N–H and O–H groups in total. The highest BCUT2D eigenvalue weighted by Gasteiger charge is 2.39. The lowest BCUT2D eigenvalue weighted by Crippen LogP contribution is -2.21. The van der Waals surface area contributed by atoms with Crippen LogP contribution in [-0.4, -0.2) is 80.7 Å². The normalized spacial score (nSPS) is 12.0. The van der Waals surface area contributed by atoms with Gasteiger partial charge in [0.05, 0.1) is 29.4 Å². The van der Waals surface area contributed by atoms with E-state index in [9.17, 15) is 40.0 Å². The lowest BCUT2D eigenvalue weighted by Gasteiger charge is -2.23. The summed E-state index contributed by atoms with van der Waals surface area (Å²) in [6.45, 7) is 5.97. The number of hydrogen-bond acceptors (Lipinski definition) is 11. The molecule has 0 aliphatic heterocycles. The van der Waals surface area contributed by atoms with Crippen LogP contribution in [0.5, 0.6) is 5.75 Å². The second kappa shape index (κ2) is 15.4. The molecule has 1 unspecified atom stereocenters. The minimum atomic E-state index is -5.08. The number of sulfone groups is 1. The SMILES string of the molecule is CCOc1c(C(C)Nc2ncnc3nc[nH]c23)cc(C)c(C#N)c1-c1cncc(S(C)(=O)=O)c1.O=C(O)C(F)(F)F.O=C(O)C(F)(F)F. The maximum Gasteiger partial charge on any atom is 0.490 e. The predicted octanol–water partition coefficient (Wildman–Crippen LogP) is 4.84. The monoisotopic (exact) mass is 705 g/mol. The van der Waals surface area contributed by atoms with Crippen molar-refractivity contribution in [2.45, 2.75) is 44.1 Å². The molecule has 3 heterocycles. The highest BCUT2D eigenvalue weighted by molar-refractivity contribution is 7.90. The highest BCUT2D eigenvalue weighted by Crippen LogP contribution is 2.42. The fourth-order valence-corrected chi connectivity index (χ4v) is 4.38. The Labute approximate surface area is 267 Å². The average molecular weight is 706 g/mol. The van der Waals surface area contributed by atoms with Gasteiger partial charge in [0.15, 0.2) is 21.3 Å². The number of carboxylic acid groups (broad SMARTS) is 2. The van der Waals surface area contributed by atoms with Crippen molar-refractivity contribution in [1.29, 1.82) is 5.26 Å². The van der Waals surface area contributed by atoms with Crippen LogP contribution in [0, 0.1) is 18.3 Å². The summed E-state index contributed by atoms with van der Waals surface area (Å²) >= 11 is 0. The predicted molar refractivity (Wildman–Crippen MR) is 155 cm³/mol. The number of hydrogen-bond donors (Lipinski definition) is 4. The number of aromatic amines is 1. The van der Waals surface area contributed by atoms with Crippen molar-refractivity contribution in [1.82, 2.24) is 24.9 Å². The Bertz CT molecular complexity index is 1920. The van der Waals surface area contributed by atoms with Gasteiger partial charge in [-0.15, -0.1) is 0 Å². The largest absolute Gasteiger partial charge is 0.493 e. The molecule has 4 rings (SSSR count). The number of nitrogens with one attached hydrogen (secondary N) is 2. The number of halogens is 6. The van der Waals surface area contributed by atoms with E-state index in [1.807, 2.05) is 26.8 Å². The van der Waals surface area contributed by atoms with Crippen molar-refractivity contribution in [2.75, 3.05) is 18.2 Å². The number of rotatable bonds is 7. The van der Waals surface area contributed by atoms with Crippen molar-refractivity contribution < 1.29 is 59.3 Å². The van der Waals surface area contributed by atoms with Gasteiger partial charge in [0.25, 0.3) is 0 Å². The summed E-state index contributed by atoms with van der Waals surface area (Å²) in [5.74, 6) is -4.46. The molecule has 4 aromatic rings. The first-order valence-corrected chi connectivity index (χ1v) is 14.9. The standard InChI is InChI=1S/C23H23N7O3S.2C2HF3O2/c1-5-33-21-17(14(3)30-23-20-22(27-11-26-20)28-12-29-23)6-13(2)18(8-24)19(21)15-7-16(10-25-9-15)34(4,31)32;2*3-2(4,5)1(6)7/h6-7,9-12,14H,5H2,1-4H3,(H2,26,27,28,29,30);2*(H,6,7). The molecule has 0 aliphatic rings. The third kappa shape index (κ3) is 9.99. The second-order valence-corrected chi connectivity index (χ2v) is 11.4. The Balaban J connectivity index is 0.000000479. The molecule has 0 bridgehead atoms. The van der Waals surface area contributed by atoms with Gasteiger partial charge < -0.3 is 25.3 Å². The molecule has 1 aromatic carbocycles. The Morgan fingerprint density at radius 3 is 2.15 bits per heavy atom. The van der Waals surface area contributed by atoms with Crippen LogP contribution in [0.3, 0.4) is 0 Å². The van der Waals surface area contributed by atoms with Crippen LogP contribution < -0.4 is 10.1 Å². The number of pyridine rings is 1. The average Bonchev–Trinajstić information content (AvgIpc) is 3.47. The molecule has 48 heavy (non-hydrogen) atoms. The van der Waals surface area contributed by atoms with E-state index in [-0.39, 0.29) is 10.9 Å². The number of fused-ring (bicyclic) bond motifs is 1. The van der Waals surface area contributed by atoms with Crippen molar-refractivity contribution in [3.63, 3.8) is 0 Å². The number of ether oxygens (including phenoxy) is 1. The molecule has 0 saturated carbocycles. The maximum atomic E-state index is 12.1. The van der Waals surface area contributed by atoms with E-state index < -0.39 is 34.1 Å². The van der Waals surface area contributed by atoms with Crippen LogP contribution in [0.4, 0.5) is 32.2 Å². The molecule has 258 valence electrons. The van der Waals surface area contributed by atoms with Gasteiger partial charge in [0.1, 0.15) is 23.7 Å². The van der Waals surface area contributed by atoms with Crippen molar-refractivity contribution in [3.05, 3.63) is 53.9 Å². The first kappa shape index (κ1) is 38.7. The van der Waals surface area contributed by atoms with Crippen LogP contribution in [-0.2, 0) is 19.4 Å². The number of benzene rings is 1. The summed E-state index contributed by atoms with van der Waals surface area (Å²) in [4.78, 5) is 37.6. The number of H-pyrrole nitrogens is 1. The molecule has 0 fully saturated rings. The molecular weight excluding hydrogens is 680 g/mol. The van der Waals surface area contributed by atoms with Gasteiger partial charge >= 0.3 is 24.3 Å². The van der Waals surface area contributed by atoms with Crippen molar-refractivity contribution in [2.24, 2.45) is 0 Å². The fraction of sp³-hybridized carbons (Fsp3) is 0.296. The molecule has 3 aromatic heterocycles. The van der Waals surface area contributed by atoms with Gasteiger partial charge in [-0.25, -0.2) is 33.0 Å². The van der Waals surface area contributed by atoms with Gasteiger partial charge in [0, 0.05) is 35.3 Å². The van der Waals surface area contributed by atoms with Gasteiger partial charge in [-0.2, -0.15) is 31.6 Å². The highest BCUT2D eigenvalue weighted by atomic mass is 32.2. The number of imidazole rings is 1. The number of aromatic nitrogens is 5. The van der Waals surface area contributed by atoms with Gasteiger partial charge in [0.2, 0.25) is 0 Å². The van der Waals surface area contributed by atoms with E-state index in [4.69, 9.17) is 24.5 Å². The first-order chi connectivity index (χ1) is 22.1. The fourth-order valence-electron chi connectivity index (χ4n) is 3.78. The van der Waals surface area contributed by atoms with E-state index in [2.05, 4.69) is 36.3 Å². The minimum Gasteiger partial charge on any atom is -0.493 e. The van der Waals surface area contributed by atoms with E-state index in [0.29, 0.717) is 46.0 Å². The number of aryl methyl sites for hydroxylation is 1. The minimum absolute atomic E-state index is 0.0631. The number of aliphatic carboxylic acids is 2. The molecular formula is C27H25F6N7O7S. The molecule has 0 aliphatic carbocycles. The quantitative estimate of drug-likeness (QED) is 0.189. The summed E-state index contributed by atoms with van der Waals surface area (Å²) in [6, 6.07) is 5.36. The lowest BCUT2D eigenvalue weighted by molar-refractivity contribution is -0.193. The van der Waals surface area contributed by atoms with Crippen LogP contribution in [0.15, 0.2) is 42.1 Å². The molecule has 21 heteroatoms. The number of nitriles is 1. The van der Waals surface area contributed by atoms with Crippen LogP contribution in [0.2, 0.25) is 0 Å². The first-order valence-electron chi connectivity index (χ1n) is 13.0. The molecule has 14 nitrogen and oxygen atoms in total. The number of carboxylic acids is 2. The number of alkyl halides is 6. The zero-order valence-corrected chi connectivity index (χ0v) is 25.9. The maximum absolute atomic E-state index is 12.1. The third-order valence-corrected chi connectivity index (χ3v) is 6.94. The van der Waals surface area contributed by atoms with Crippen LogP contribution in [0.1, 0.15) is 36.6 Å². The summed E-state index contributed by atoms with van der Waals surface area (Å²) in [5, 5.41) is 27.6. The Kier molecular flexibility index (Phi) is 12.4. The molecule has 0 radical (unpaired) electrons. The summed E-state index contributed by atoms with van der Waals surface area (Å²) in [5.41, 5.74) is 4.09. The van der Waals surface area contributed by atoms with E-state index in [0.717, 1.165) is 17.4 Å². The number of carbonyl (C=O) groups is 2. The number of nitrogens with zero attached hydrogens (tertiary/aromatic N) is 5. The summed E-state index contributed by atoms with van der Waals surface area (Å²) in [7, 11) is -3.49. The topological polar surface area (TPSA) is 221 Å². The van der Waals surface area contributed by atoms with E-state index in [1.165, 1.54) is 24.8 Å². The lowest BCUT2D eigenvalue weighted by atomic mass is 9.91. The van der Waals surface area contributed by atoms with Crippen LogP contribution >= 0.6 is 0 Å². The van der Waals surface area contributed by atoms with Crippen molar-refractivity contribution >= 4 is 38.8 Å². The van der Waals surface area contributed by atoms with Crippen molar-refractivity contribution in [3.8, 4) is 22.9 Å². The second-order valence-electron chi connectivity index (χ2n) is 9.38. The van der Waals surface area contributed by atoms with E-state index >= 15 is 0 Å². The molecule has 0 saturated heterocycles. The van der Waals surface area contributed by atoms with Crippen LogP contribution in [0.25, 0.3) is 22.3 Å². The van der Waals surface area contributed by atoms with Gasteiger partial charge in [-0.05, 0) is 38.5 Å². The summed E-state index contributed by atoms with van der Waals surface area (Å²) in [6.07, 6.45) is -3.25. The smallest absolute Gasteiger partial charge is 0.490 e. The molecule has 0 spiro atoms. The van der Waals surface area contributed by atoms with Gasteiger partial charge in [-0.3, -0.25) is 4.98 Å². The number of anilines is 1. The summed E-state index contributed by atoms with van der Waals surface area (Å²) < 4.78 is 93.8. The van der Waals surface area contributed by atoms with Gasteiger partial charge in [-0.1, -0.05) is 0 Å².